The third-order valence-electron chi connectivity index (χ3n) is 9.97. The lowest BCUT2D eigenvalue weighted by atomic mass is 9.99. The molecule has 0 saturated carbocycles. The lowest BCUT2D eigenvalue weighted by Gasteiger charge is -2.35. The highest BCUT2D eigenvalue weighted by atomic mass is 16.2. The number of benzene rings is 1. The first-order valence-electron chi connectivity index (χ1n) is 19.0. The van der Waals surface area contributed by atoms with E-state index in [2.05, 4.69) is 36.2 Å². The summed E-state index contributed by atoms with van der Waals surface area (Å²) in [5.74, 6) is -1.36. The molecule has 0 bridgehead atoms. The predicted molar refractivity (Wildman–Crippen MR) is 215 cm³/mol. The van der Waals surface area contributed by atoms with Crippen molar-refractivity contribution in [2.75, 3.05) is 49.3 Å². The molecule has 4 N–H and O–H groups in total. The molecule has 7 amide bonds. The monoisotopic (exact) mass is 783 g/mol. The summed E-state index contributed by atoms with van der Waals surface area (Å²) in [5.41, 5.74) is 2.39. The van der Waals surface area contributed by atoms with Gasteiger partial charge in [0.05, 0.1) is 25.0 Å². The number of fused-ring (bicyclic) bond motifs is 1. The molecule has 2 atom stereocenters. The first-order chi connectivity index (χ1) is 26.9. The van der Waals surface area contributed by atoms with E-state index < -0.39 is 41.3 Å². The molecule has 4 heterocycles. The molecule has 1 saturated heterocycles. The zero-order valence-electron chi connectivity index (χ0n) is 34.1. The van der Waals surface area contributed by atoms with Gasteiger partial charge < -0.3 is 31.1 Å². The number of anilines is 4. The van der Waals surface area contributed by atoms with Gasteiger partial charge in [-0.1, -0.05) is 19.9 Å². The smallest absolute Gasteiger partial charge is 0.330 e. The van der Waals surface area contributed by atoms with Crippen LogP contribution in [0.4, 0.5) is 27.9 Å². The predicted octanol–water partition coefficient (Wildman–Crippen LogP) is 3.04. The van der Waals surface area contributed by atoms with Gasteiger partial charge in [-0.05, 0) is 82.7 Å². The minimum absolute atomic E-state index is 0.138. The Bertz CT molecular complexity index is 2030. The summed E-state index contributed by atoms with van der Waals surface area (Å²) in [6.07, 6.45) is 4.70. The van der Waals surface area contributed by atoms with E-state index in [0.717, 1.165) is 11.3 Å². The third-order valence-corrected chi connectivity index (χ3v) is 9.97. The molecular formula is C40H53N11O6. The van der Waals surface area contributed by atoms with E-state index in [-0.39, 0.29) is 36.5 Å². The standard InChI is InChI=1S/C40H53N11O6/c1-23(2)17-29(36(55)48(7)8)45-37(56)40(5,6)47-35(54)30-11-10-16-50(30)32(52)21-42-34(53)26-14-12-24(3)31(18-26)51-22-27-19-43-38(46-33(27)49(9)39(51)57)44-28-15-13-25(4)41-20-28/h12-15,18-20,23,29-30H,10-11,16-17,21-22H2,1-9H3,(H,42,53)(H,45,56)(H,47,54)(H,43,44,46). The highest BCUT2D eigenvalue weighted by Crippen LogP contribution is 2.32. The Morgan fingerprint density at radius 1 is 1.02 bits per heavy atom. The van der Waals surface area contributed by atoms with E-state index in [1.165, 1.54) is 14.7 Å². The van der Waals surface area contributed by atoms with Crippen molar-refractivity contribution < 1.29 is 28.8 Å². The number of rotatable bonds is 13. The van der Waals surface area contributed by atoms with Crippen LogP contribution in [0.2, 0.25) is 0 Å². The summed E-state index contributed by atoms with van der Waals surface area (Å²) in [7, 11) is 4.85. The zero-order valence-corrected chi connectivity index (χ0v) is 34.1. The van der Waals surface area contributed by atoms with Crippen molar-refractivity contribution in [2.45, 2.75) is 85.0 Å². The van der Waals surface area contributed by atoms with Gasteiger partial charge in [-0.2, -0.15) is 4.98 Å². The fraction of sp³-hybridized carbons (Fsp3) is 0.475. The van der Waals surface area contributed by atoms with Gasteiger partial charge in [0.15, 0.2) is 0 Å². The van der Waals surface area contributed by atoms with Gasteiger partial charge in [0, 0.05) is 56.4 Å². The Morgan fingerprint density at radius 2 is 1.75 bits per heavy atom. The molecule has 2 aromatic heterocycles. The first-order valence-corrected chi connectivity index (χ1v) is 19.0. The van der Waals surface area contributed by atoms with E-state index in [1.807, 2.05) is 39.8 Å². The Balaban J connectivity index is 1.20. The Kier molecular flexibility index (Phi) is 12.8. The van der Waals surface area contributed by atoms with Crippen LogP contribution in [0.25, 0.3) is 0 Å². The fourth-order valence-corrected chi connectivity index (χ4v) is 6.76. The van der Waals surface area contributed by atoms with Crippen molar-refractivity contribution >= 4 is 58.7 Å². The lowest BCUT2D eigenvalue weighted by Crippen LogP contribution is -2.61. The number of carbonyl (C=O) groups excluding carboxylic acids is 6. The van der Waals surface area contributed by atoms with Crippen molar-refractivity contribution in [3.8, 4) is 0 Å². The van der Waals surface area contributed by atoms with Crippen LogP contribution in [0.3, 0.4) is 0 Å². The number of likely N-dealkylation sites (N-methyl/N-ethyl adjacent to an activating group) is 1. The summed E-state index contributed by atoms with van der Waals surface area (Å²) >= 11 is 0. The summed E-state index contributed by atoms with van der Waals surface area (Å²) in [4.78, 5) is 99.1. The van der Waals surface area contributed by atoms with Gasteiger partial charge in [-0.3, -0.25) is 38.8 Å². The molecule has 2 unspecified atom stereocenters. The molecule has 304 valence electrons. The van der Waals surface area contributed by atoms with Crippen molar-refractivity contribution in [1.29, 1.82) is 0 Å². The summed E-state index contributed by atoms with van der Waals surface area (Å²) in [6, 6.07) is 6.72. The highest BCUT2D eigenvalue weighted by Gasteiger charge is 2.40. The Labute approximate surface area is 333 Å². The topological polar surface area (TPSA) is 202 Å². The normalized spacial score (nSPS) is 15.9. The zero-order chi connectivity index (χ0) is 41.8. The van der Waals surface area contributed by atoms with E-state index in [4.69, 9.17) is 0 Å². The van der Waals surface area contributed by atoms with Gasteiger partial charge in [0.25, 0.3) is 5.91 Å². The van der Waals surface area contributed by atoms with Crippen LogP contribution < -0.4 is 31.1 Å². The molecule has 0 aliphatic carbocycles. The van der Waals surface area contributed by atoms with Crippen molar-refractivity contribution in [2.24, 2.45) is 5.92 Å². The summed E-state index contributed by atoms with van der Waals surface area (Å²) in [5, 5.41) is 11.3. The summed E-state index contributed by atoms with van der Waals surface area (Å²) < 4.78 is 0. The number of amides is 7. The Hall–Kier alpha value is -6.13. The molecule has 0 spiro atoms. The second-order valence-electron chi connectivity index (χ2n) is 15.7. The third kappa shape index (κ3) is 9.82. The maximum absolute atomic E-state index is 13.7. The number of hydrogen-bond donors (Lipinski definition) is 4. The number of carbonyl (C=O) groups is 6. The molecule has 57 heavy (non-hydrogen) atoms. The van der Waals surface area contributed by atoms with Crippen LogP contribution >= 0.6 is 0 Å². The van der Waals surface area contributed by atoms with Gasteiger partial charge in [0.2, 0.25) is 29.6 Å². The average Bonchev–Trinajstić information content (AvgIpc) is 3.66. The van der Waals surface area contributed by atoms with Crippen LogP contribution in [0.1, 0.15) is 74.1 Å². The maximum Gasteiger partial charge on any atom is 0.330 e. The number of nitrogens with one attached hydrogen (secondary N) is 4. The van der Waals surface area contributed by atoms with E-state index >= 15 is 0 Å². The minimum atomic E-state index is -1.38. The average molecular weight is 784 g/mol. The SMILES string of the molecule is Cc1ccc(Nc2ncc3c(n2)N(C)C(=O)N(c2cc(C(=O)NCC(=O)N4CCCC4C(=O)NC(C)(C)C(=O)NC(CC(C)C)C(=O)N(C)C)ccc2C)C3)cn1. The second kappa shape index (κ2) is 17.3. The molecule has 2 aliphatic rings. The van der Waals surface area contributed by atoms with E-state index in [0.29, 0.717) is 54.5 Å². The number of likely N-dealkylation sites (tertiary alicyclic amines) is 1. The highest BCUT2D eigenvalue weighted by molar-refractivity contribution is 6.06. The van der Waals surface area contributed by atoms with Gasteiger partial charge in [-0.15, -0.1) is 0 Å². The molecular weight excluding hydrogens is 731 g/mol. The van der Waals surface area contributed by atoms with Crippen LogP contribution in [0.5, 0.6) is 0 Å². The minimum Gasteiger partial charge on any atom is -0.347 e. The van der Waals surface area contributed by atoms with Crippen molar-refractivity contribution in [3.63, 3.8) is 0 Å². The van der Waals surface area contributed by atoms with Crippen LogP contribution in [-0.4, -0.2) is 112 Å². The maximum atomic E-state index is 13.7. The number of aromatic nitrogens is 3. The van der Waals surface area contributed by atoms with Gasteiger partial charge in [0.1, 0.15) is 23.4 Å². The number of aryl methyl sites for hydroxylation is 2. The first kappa shape index (κ1) is 42.0. The molecule has 5 rings (SSSR count). The number of pyridine rings is 1. The number of hydrogen-bond acceptors (Lipinski definition) is 10. The van der Waals surface area contributed by atoms with Crippen LogP contribution in [0, 0.1) is 19.8 Å². The number of nitrogens with zero attached hydrogens (tertiary/aromatic N) is 7. The fourth-order valence-electron chi connectivity index (χ4n) is 6.76. The van der Waals surface area contributed by atoms with Gasteiger partial charge >= 0.3 is 6.03 Å². The molecule has 2 aliphatic heterocycles. The van der Waals surface area contributed by atoms with Crippen LogP contribution in [0.15, 0.2) is 42.7 Å². The number of urea groups is 1. The van der Waals surface area contributed by atoms with Gasteiger partial charge in [-0.25, -0.2) is 9.78 Å². The quantitative estimate of drug-likeness (QED) is 0.200. The van der Waals surface area contributed by atoms with E-state index in [1.54, 1.807) is 70.5 Å². The lowest BCUT2D eigenvalue weighted by molar-refractivity contribution is -0.141. The molecule has 1 fully saturated rings. The molecule has 3 aromatic rings. The molecule has 17 nitrogen and oxygen atoms in total. The second-order valence-corrected chi connectivity index (χ2v) is 15.7. The van der Waals surface area contributed by atoms with Crippen LogP contribution in [-0.2, 0) is 25.7 Å². The Morgan fingerprint density at radius 3 is 2.42 bits per heavy atom. The van der Waals surface area contributed by atoms with Crippen molar-refractivity contribution in [1.82, 2.24) is 40.7 Å². The molecule has 0 radical (unpaired) electrons. The van der Waals surface area contributed by atoms with Crippen molar-refractivity contribution in [3.05, 3.63) is 65.1 Å². The molecule has 17 heteroatoms. The molecule has 1 aromatic carbocycles. The largest absolute Gasteiger partial charge is 0.347 e. The van der Waals surface area contributed by atoms with E-state index in [9.17, 15) is 28.8 Å². The summed E-state index contributed by atoms with van der Waals surface area (Å²) in [6.45, 7) is 10.8.